The van der Waals surface area contributed by atoms with Gasteiger partial charge in [-0.15, -0.1) is 0 Å². The average Bonchev–Trinajstić information content (AvgIpc) is 2.33. The van der Waals surface area contributed by atoms with Crippen molar-refractivity contribution in [2.24, 2.45) is 0 Å². The predicted molar refractivity (Wildman–Crippen MR) is 80.6 cm³/mol. The van der Waals surface area contributed by atoms with Crippen LogP contribution in [0.15, 0.2) is 0 Å². The number of hydrogen-bond donors (Lipinski definition) is 1. The molecule has 1 N–H and O–H groups in total. The van der Waals surface area contributed by atoms with Crippen LogP contribution in [0.3, 0.4) is 0 Å². The zero-order valence-corrected chi connectivity index (χ0v) is 13.2. The van der Waals surface area contributed by atoms with Crippen molar-refractivity contribution in [3.8, 4) is 0 Å². The minimum absolute atomic E-state index is 0.157. The van der Waals surface area contributed by atoms with Crippen LogP contribution in [0.5, 0.6) is 0 Å². The maximum Gasteiger partial charge on any atom is 0.317 e. The number of likely N-dealkylation sites (N-methyl/N-ethyl adjacent to an activating group) is 1. The summed E-state index contributed by atoms with van der Waals surface area (Å²) < 4.78 is 0. The summed E-state index contributed by atoms with van der Waals surface area (Å²) in [5.74, 6) is -0.725. The van der Waals surface area contributed by atoms with E-state index in [0.29, 0.717) is 6.04 Å². The number of carbonyl (C=O) groups is 1. The Morgan fingerprint density at radius 3 is 2.26 bits per heavy atom. The van der Waals surface area contributed by atoms with Gasteiger partial charge in [-0.3, -0.25) is 9.69 Å². The van der Waals surface area contributed by atoms with E-state index in [0.717, 1.165) is 19.5 Å². The fourth-order valence-corrected chi connectivity index (χ4v) is 2.18. The Morgan fingerprint density at radius 2 is 1.74 bits per heavy atom. The van der Waals surface area contributed by atoms with Crippen LogP contribution in [0.1, 0.15) is 52.4 Å². The van der Waals surface area contributed by atoms with Crippen molar-refractivity contribution < 1.29 is 9.90 Å². The van der Waals surface area contributed by atoms with Crippen LogP contribution >= 0.6 is 0 Å². The Hall–Kier alpha value is -0.610. The van der Waals surface area contributed by atoms with Gasteiger partial charge in [0.15, 0.2) is 0 Å². The largest absolute Gasteiger partial charge is 0.480 e. The van der Waals surface area contributed by atoms with E-state index in [1.54, 1.807) is 0 Å². The highest BCUT2D eigenvalue weighted by molar-refractivity contribution is 5.69. The molecule has 0 aliphatic carbocycles. The van der Waals surface area contributed by atoms with Crippen LogP contribution < -0.4 is 0 Å². The highest BCUT2D eigenvalue weighted by Gasteiger charge is 2.16. The van der Waals surface area contributed by atoms with E-state index in [9.17, 15) is 4.79 Å². The van der Waals surface area contributed by atoms with Gasteiger partial charge in [0, 0.05) is 19.1 Å². The standard InChI is InChI=1S/C15H32N2O2/c1-5-6-7-8-9-10-14(2)17(13-15(18)19)12-11-16(3)4/h14H,5-13H2,1-4H3,(H,18,19). The van der Waals surface area contributed by atoms with Gasteiger partial charge in [-0.25, -0.2) is 0 Å². The Kier molecular flexibility index (Phi) is 10.9. The van der Waals surface area contributed by atoms with Gasteiger partial charge in [0.05, 0.1) is 6.54 Å². The summed E-state index contributed by atoms with van der Waals surface area (Å²) in [7, 11) is 4.04. The lowest BCUT2D eigenvalue weighted by Gasteiger charge is -2.28. The molecule has 1 atom stereocenters. The fourth-order valence-electron chi connectivity index (χ4n) is 2.18. The minimum atomic E-state index is -0.725. The van der Waals surface area contributed by atoms with Gasteiger partial charge in [0.25, 0.3) is 0 Å². The second-order valence-electron chi connectivity index (χ2n) is 5.72. The molecule has 19 heavy (non-hydrogen) atoms. The minimum Gasteiger partial charge on any atom is -0.480 e. The molecule has 0 aliphatic heterocycles. The Bertz CT molecular complexity index is 232. The van der Waals surface area contributed by atoms with E-state index < -0.39 is 5.97 Å². The molecule has 0 aromatic rings. The van der Waals surface area contributed by atoms with Gasteiger partial charge >= 0.3 is 5.97 Å². The third-order valence-corrected chi connectivity index (χ3v) is 3.52. The number of nitrogens with zero attached hydrogens (tertiary/aromatic N) is 2. The molecule has 0 aromatic carbocycles. The second kappa shape index (κ2) is 11.2. The summed E-state index contributed by atoms with van der Waals surface area (Å²) in [6.07, 6.45) is 7.47. The Balaban J connectivity index is 3.99. The number of hydrogen-bond acceptors (Lipinski definition) is 3. The Morgan fingerprint density at radius 1 is 1.11 bits per heavy atom. The molecule has 0 heterocycles. The van der Waals surface area contributed by atoms with Crippen LogP contribution in [0.4, 0.5) is 0 Å². The van der Waals surface area contributed by atoms with E-state index in [-0.39, 0.29) is 6.54 Å². The molecular formula is C15H32N2O2. The molecule has 0 saturated carbocycles. The van der Waals surface area contributed by atoms with Crippen LogP contribution in [0.2, 0.25) is 0 Å². The molecule has 0 rings (SSSR count). The van der Waals surface area contributed by atoms with E-state index in [2.05, 4.69) is 23.6 Å². The lowest BCUT2D eigenvalue weighted by molar-refractivity contribution is -0.138. The smallest absolute Gasteiger partial charge is 0.317 e. The molecule has 114 valence electrons. The molecule has 4 heteroatoms. The van der Waals surface area contributed by atoms with E-state index in [1.807, 2.05) is 14.1 Å². The molecule has 4 nitrogen and oxygen atoms in total. The molecule has 0 amide bonds. The fraction of sp³-hybridized carbons (Fsp3) is 0.933. The van der Waals surface area contributed by atoms with Gasteiger partial charge in [-0.2, -0.15) is 0 Å². The highest BCUT2D eigenvalue weighted by atomic mass is 16.4. The van der Waals surface area contributed by atoms with Crippen molar-refractivity contribution in [3.05, 3.63) is 0 Å². The molecule has 0 saturated heterocycles. The highest BCUT2D eigenvalue weighted by Crippen LogP contribution is 2.11. The molecule has 1 unspecified atom stereocenters. The summed E-state index contributed by atoms with van der Waals surface area (Å²) in [6, 6.07) is 0.359. The third-order valence-electron chi connectivity index (χ3n) is 3.52. The van der Waals surface area contributed by atoms with Gasteiger partial charge in [0.2, 0.25) is 0 Å². The normalized spacial score (nSPS) is 13.2. The predicted octanol–water partition coefficient (Wildman–Crippen LogP) is 2.68. The zero-order valence-electron chi connectivity index (χ0n) is 13.2. The summed E-state index contributed by atoms with van der Waals surface area (Å²) in [5.41, 5.74) is 0. The number of rotatable bonds is 12. The molecule has 0 spiro atoms. The van der Waals surface area contributed by atoms with Crippen molar-refractivity contribution in [1.29, 1.82) is 0 Å². The van der Waals surface area contributed by atoms with Crippen molar-refractivity contribution in [2.45, 2.75) is 58.4 Å². The van der Waals surface area contributed by atoms with E-state index in [1.165, 1.54) is 32.1 Å². The molecule has 0 aromatic heterocycles. The molecule has 0 aliphatic rings. The molecular weight excluding hydrogens is 240 g/mol. The van der Waals surface area contributed by atoms with Crippen molar-refractivity contribution >= 4 is 5.97 Å². The first-order valence-corrected chi connectivity index (χ1v) is 7.58. The SMILES string of the molecule is CCCCCCCC(C)N(CCN(C)C)CC(=O)O. The summed E-state index contributed by atoms with van der Waals surface area (Å²) in [5, 5.41) is 8.98. The topological polar surface area (TPSA) is 43.8 Å². The number of carboxylic acids is 1. The van der Waals surface area contributed by atoms with Gasteiger partial charge in [-0.05, 0) is 27.4 Å². The van der Waals surface area contributed by atoms with Gasteiger partial charge in [-0.1, -0.05) is 39.0 Å². The molecule has 0 radical (unpaired) electrons. The van der Waals surface area contributed by atoms with Crippen molar-refractivity contribution in [3.63, 3.8) is 0 Å². The molecule has 0 bridgehead atoms. The van der Waals surface area contributed by atoms with E-state index >= 15 is 0 Å². The summed E-state index contributed by atoms with van der Waals surface area (Å²) in [6.45, 7) is 6.27. The van der Waals surface area contributed by atoms with Gasteiger partial charge in [0.1, 0.15) is 0 Å². The maximum absolute atomic E-state index is 10.9. The third kappa shape index (κ3) is 11.0. The molecule has 0 fully saturated rings. The van der Waals surface area contributed by atoms with E-state index in [4.69, 9.17) is 5.11 Å². The van der Waals surface area contributed by atoms with Gasteiger partial charge < -0.3 is 10.0 Å². The zero-order chi connectivity index (χ0) is 14.7. The monoisotopic (exact) mass is 272 g/mol. The van der Waals surface area contributed by atoms with Crippen molar-refractivity contribution in [2.75, 3.05) is 33.7 Å². The summed E-state index contributed by atoms with van der Waals surface area (Å²) >= 11 is 0. The van der Waals surface area contributed by atoms with Crippen LogP contribution in [-0.2, 0) is 4.79 Å². The van der Waals surface area contributed by atoms with Crippen LogP contribution in [0.25, 0.3) is 0 Å². The average molecular weight is 272 g/mol. The van der Waals surface area contributed by atoms with Crippen molar-refractivity contribution in [1.82, 2.24) is 9.80 Å². The maximum atomic E-state index is 10.9. The number of unbranched alkanes of at least 4 members (excludes halogenated alkanes) is 4. The van der Waals surface area contributed by atoms with Crippen LogP contribution in [0, 0.1) is 0 Å². The first-order chi connectivity index (χ1) is 8.97. The van der Waals surface area contributed by atoms with Crippen LogP contribution in [-0.4, -0.2) is 60.6 Å². The number of carboxylic acid groups (broad SMARTS) is 1. The quantitative estimate of drug-likeness (QED) is 0.555. The lowest BCUT2D eigenvalue weighted by atomic mass is 10.1. The Labute approximate surface area is 118 Å². The lowest BCUT2D eigenvalue weighted by Crippen LogP contribution is -2.41. The second-order valence-corrected chi connectivity index (χ2v) is 5.72. The summed E-state index contributed by atoms with van der Waals surface area (Å²) in [4.78, 5) is 15.1. The number of aliphatic carboxylic acids is 1. The first-order valence-electron chi connectivity index (χ1n) is 7.58. The first kappa shape index (κ1) is 18.4.